The topological polar surface area (TPSA) is 104 Å². The SMILES string of the molecule is CC(C)(C)C(=O)N1C[C@H]2CC1c1c(O)n(-c3ccc(C#N)c4ncccc34)c(=O)n12. The second kappa shape index (κ2) is 5.95. The molecule has 0 saturated carbocycles. The highest BCUT2D eigenvalue weighted by Crippen LogP contribution is 2.49. The molecular formula is C22H21N5O3. The van der Waals surface area contributed by atoms with Crippen molar-refractivity contribution < 1.29 is 9.90 Å². The molecule has 152 valence electrons. The lowest BCUT2D eigenvalue weighted by atomic mass is 9.94. The normalized spacial score (nSPS) is 19.9. The van der Waals surface area contributed by atoms with Crippen molar-refractivity contribution in [2.45, 2.75) is 39.3 Å². The number of amides is 1. The van der Waals surface area contributed by atoms with E-state index >= 15 is 0 Å². The molecule has 1 N–H and O–H groups in total. The fraction of sp³-hybridized carbons (Fsp3) is 0.364. The largest absolute Gasteiger partial charge is 0.493 e. The van der Waals surface area contributed by atoms with Gasteiger partial charge in [0.1, 0.15) is 11.8 Å². The highest BCUT2D eigenvalue weighted by molar-refractivity contribution is 5.91. The fourth-order valence-electron chi connectivity index (χ4n) is 4.76. The number of hydrogen-bond acceptors (Lipinski definition) is 5. The van der Waals surface area contributed by atoms with Crippen molar-refractivity contribution in [2.24, 2.45) is 5.41 Å². The van der Waals surface area contributed by atoms with Crippen LogP contribution >= 0.6 is 0 Å². The van der Waals surface area contributed by atoms with Crippen molar-refractivity contribution in [2.75, 3.05) is 6.54 Å². The second-order valence-corrected chi connectivity index (χ2v) is 8.95. The van der Waals surface area contributed by atoms with Crippen LogP contribution in [0.3, 0.4) is 0 Å². The number of aromatic hydroxyl groups is 1. The molecule has 0 aliphatic carbocycles. The highest BCUT2D eigenvalue weighted by atomic mass is 16.3. The minimum atomic E-state index is -0.539. The molecule has 1 saturated heterocycles. The molecule has 4 heterocycles. The number of likely N-dealkylation sites (tertiary alicyclic amines) is 1. The van der Waals surface area contributed by atoms with E-state index in [0.29, 0.717) is 40.8 Å². The first-order valence-electron chi connectivity index (χ1n) is 9.89. The van der Waals surface area contributed by atoms with E-state index in [2.05, 4.69) is 11.1 Å². The molecule has 8 nitrogen and oxygen atoms in total. The average Bonchev–Trinajstić information content (AvgIpc) is 3.37. The Morgan fingerprint density at radius 2 is 2.07 bits per heavy atom. The minimum Gasteiger partial charge on any atom is -0.493 e. The van der Waals surface area contributed by atoms with Gasteiger partial charge < -0.3 is 10.0 Å². The van der Waals surface area contributed by atoms with Gasteiger partial charge in [-0.1, -0.05) is 20.8 Å². The first-order chi connectivity index (χ1) is 14.2. The number of rotatable bonds is 1. The van der Waals surface area contributed by atoms with Crippen LogP contribution in [-0.2, 0) is 4.79 Å². The van der Waals surface area contributed by atoms with Crippen molar-refractivity contribution >= 4 is 16.8 Å². The Morgan fingerprint density at radius 3 is 2.77 bits per heavy atom. The summed E-state index contributed by atoms with van der Waals surface area (Å²) in [6, 6.07) is 8.39. The standard InChI is InChI=1S/C22H21N5O3/c1-22(2,3)20(29)25-11-13-9-16(25)18-19(28)27(21(30)26(13)18)15-7-6-12(10-23)17-14(15)5-4-8-24-17/h4-8,13,16,28H,9,11H2,1-3H3/t13-,16?/m1/s1. The van der Waals surface area contributed by atoms with Gasteiger partial charge in [-0.05, 0) is 30.7 Å². The van der Waals surface area contributed by atoms with E-state index in [4.69, 9.17) is 0 Å². The Balaban J connectivity index is 1.70. The maximum atomic E-state index is 13.3. The quantitative estimate of drug-likeness (QED) is 0.673. The van der Waals surface area contributed by atoms with Gasteiger partial charge in [0.15, 0.2) is 0 Å². The molecule has 1 amide bonds. The van der Waals surface area contributed by atoms with Crippen molar-refractivity contribution in [3.63, 3.8) is 0 Å². The van der Waals surface area contributed by atoms with Gasteiger partial charge in [-0.3, -0.25) is 14.3 Å². The molecule has 0 radical (unpaired) electrons. The Labute approximate surface area is 172 Å². The van der Waals surface area contributed by atoms with Gasteiger partial charge in [-0.15, -0.1) is 0 Å². The molecule has 8 heteroatoms. The van der Waals surface area contributed by atoms with Crippen molar-refractivity contribution in [1.29, 1.82) is 5.26 Å². The van der Waals surface area contributed by atoms with E-state index in [1.807, 2.05) is 20.8 Å². The molecule has 5 rings (SSSR count). The number of nitrogens with zero attached hydrogens (tertiary/aromatic N) is 5. The van der Waals surface area contributed by atoms with Crippen molar-refractivity contribution in [3.05, 3.63) is 52.2 Å². The van der Waals surface area contributed by atoms with Crippen molar-refractivity contribution in [1.82, 2.24) is 19.0 Å². The maximum absolute atomic E-state index is 13.3. The third kappa shape index (κ3) is 2.29. The van der Waals surface area contributed by atoms with Crippen LogP contribution in [0.5, 0.6) is 5.88 Å². The molecular weight excluding hydrogens is 382 g/mol. The third-order valence-electron chi connectivity index (χ3n) is 6.07. The summed E-state index contributed by atoms with van der Waals surface area (Å²) in [5, 5.41) is 21.1. The lowest BCUT2D eigenvalue weighted by Gasteiger charge is -2.32. The van der Waals surface area contributed by atoms with Crippen LogP contribution in [0.4, 0.5) is 0 Å². The number of benzene rings is 1. The monoisotopic (exact) mass is 403 g/mol. The summed E-state index contributed by atoms with van der Waals surface area (Å²) in [6.45, 7) is 6.08. The summed E-state index contributed by atoms with van der Waals surface area (Å²) in [6.07, 6.45) is 2.22. The predicted octanol–water partition coefficient (Wildman–Crippen LogP) is 2.64. The van der Waals surface area contributed by atoms with Crippen LogP contribution < -0.4 is 5.69 Å². The van der Waals surface area contributed by atoms with Gasteiger partial charge in [0.25, 0.3) is 0 Å². The Morgan fingerprint density at radius 1 is 1.30 bits per heavy atom. The molecule has 30 heavy (non-hydrogen) atoms. The van der Waals surface area contributed by atoms with Crippen LogP contribution in [0.2, 0.25) is 0 Å². The molecule has 1 fully saturated rings. The van der Waals surface area contributed by atoms with Crippen LogP contribution in [-0.4, -0.2) is 36.6 Å². The van der Waals surface area contributed by atoms with E-state index in [1.165, 1.54) is 4.57 Å². The zero-order valence-electron chi connectivity index (χ0n) is 17.0. The molecule has 2 aromatic heterocycles. The summed E-state index contributed by atoms with van der Waals surface area (Å²) < 4.78 is 2.89. The van der Waals surface area contributed by atoms with Gasteiger partial charge in [0.05, 0.1) is 28.9 Å². The molecule has 2 aliphatic heterocycles. The zero-order chi connectivity index (χ0) is 21.4. The Hall–Kier alpha value is -3.60. The number of aromatic nitrogens is 3. The van der Waals surface area contributed by atoms with Gasteiger partial charge in [-0.2, -0.15) is 5.26 Å². The molecule has 2 atom stereocenters. The van der Waals surface area contributed by atoms with Crippen LogP contribution in [0.25, 0.3) is 16.6 Å². The number of carbonyl (C=O) groups excluding carboxylic acids is 1. The first-order valence-corrected chi connectivity index (χ1v) is 9.89. The van der Waals surface area contributed by atoms with E-state index < -0.39 is 5.41 Å². The molecule has 1 unspecified atom stereocenters. The van der Waals surface area contributed by atoms with Gasteiger partial charge in [0.2, 0.25) is 11.8 Å². The number of nitriles is 1. The van der Waals surface area contributed by atoms with Crippen LogP contribution in [0.15, 0.2) is 35.3 Å². The van der Waals surface area contributed by atoms with E-state index in [1.54, 1.807) is 39.9 Å². The molecule has 3 aromatic rings. The number of hydrogen-bond donors (Lipinski definition) is 1. The predicted molar refractivity (Wildman–Crippen MR) is 109 cm³/mol. The summed E-state index contributed by atoms with van der Waals surface area (Å²) in [5.74, 6) is -0.150. The lowest BCUT2D eigenvalue weighted by Crippen LogP contribution is -2.43. The second-order valence-electron chi connectivity index (χ2n) is 8.95. The average molecular weight is 403 g/mol. The molecule has 2 bridgehead atoms. The lowest BCUT2D eigenvalue weighted by molar-refractivity contribution is -0.141. The number of carbonyl (C=O) groups is 1. The van der Waals surface area contributed by atoms with E-state index in [-0.39, 0.29) is 29.6 Å². The fourth-order valence-corrected chi connectivity index (χ4v) is 4.76. The van der Waals surface area contributed by atoms with Gasteiger partial charge in [0, 0.05) is 23.5 Å². The molecule has 1 aromatic carbocycles. The zero-order valence-corrected chi connectivity index (χ0v) is 17.0. The first kappa shape index (κ1) is 18.4. The maximum Gasteiger partial charge on any atom is 0.336 e. The number of fused-ring (bicyclic) bond motifs is 6. The van der Waals surface area contributed by atoms with E-state index in [9.17, 15) is 20.0 Å². The summed E-state index contributed by atoms with van der Waals surface area (Å²) in [7, 11) is 0. The Kier molecular flexibility index (Phi) is 3.66. The van der Waals surface area contributed by atoms with Crippen molar-refractivity contribution in [3.8, 4) is 17.6 Å². The minimum absolute atomic E-state index is 0.00821. The number of pyridine rings is 1. The number of imidazole rings is 1. The van der Waals surface area contributed by atoms with E-state index in [0.717, 1.165) is 0 Å². The van der Waals surface area contributed by atoms with Gasteiger partial charge in [-0.25, -0.2) is 9.36 Å². The Bertz CT molecular complexity index is 1320. The molecule has 0 spiro atoms. The molecule has 2 aliphatic rings. The van der Waals surface area contributed by atoms with Crippen LogP contribution in [0, 0.1) is 16.7 Å². The summed E-state index contributed by atoms with van der Waals surface area (Å²) in [4.78, 5) is 32.3. The van der Waals surface area contributed by atoms with Gasteiger partial charge >= 0.3 is 5.69 Å². The summed E-state index contributed by atoms with van der Waals surface area (Å²) >= 11 is 0. The smallest absolute Gasteiger partial charge is 0.336 e. The third-order valence-corrected chi connectivity index (χ3v) is 6.07. The van der Waals surface area contributed by atoms with Crippen LogP contribution in [0.1, 0.15) is 50.5 Å². The summed E-state index contributed by atoms with van der Waals surface area (Å²) in [5.41, 5.74) is 0.943. The highest BCUT2D eigenvalue weighted by Gasteiger charge is 2.50.